The topological polar surface area (TPSA) is 55.1 Å². The normalized spacial score (nSPS) is 12.8. The van der Waals surface area contributed by atoms with Gasteiger partial charge in [0.15, 0.2) is 0 Å². The Kier molecular flexibility index (Phi) is 2.47. The molecule has 4 heteroatoms. The summed E-state index contributed by atoms with van der Waals surface area (Å²) in [7, 11) is 0. The lowest BCUT2D eigenvalue weighted by molar-refractivity contribution is -0.141. The molecule has 0 saturated carbocycles. The molecule has 0 aliphatic heterocycles. The maximum atomic E-state index is 10.7. The molecule has 0 radical (unpaired) electrons. The molecule has 0 unspecified atom stereocenters. The van der Waals surface area contributed by atoms with E-state index in [1.54, 1.807) is 12.3 Å². The predicted molar refractivity (Wildman–Crippen MR) is 43.9 cm³/mol. The zero-order valence-corrected chi connectivity index (χ0v) is 7.19. The molecule has 0 aliphatic rings. The Morgan fingerprint density at radius 3 is 2.83 bits per heavy atom. The first-order chi connectivity index (χ1) is 5.65. The summed E-state index contributed by atoms with van der Waals surface area (Å²) in [6, 6.07) is 1.27. The summed E-state index contributed by atoms with van der Waals surface area (Å²) in [5, 5.41) is 12.8. The van der Waals surface area contributed by atoms with E-state index in [4.69, 9.17) is 5.11 Å². The Hall–Kier alpha value is -1.32. The van der Waals surface area contributed by atoms with E-state index < -0.39 is 12.0 Å². The van der Waals surface area contributed by atoms with Gasteiger partial charge in [-0.3, -0.25) is 4.68 Å². The number of rotatable bonds is 3. The lowest BCUT2D eigenvalue weighted by atomic mass is 10.2. The number of carboxylic acid groups (broad SMARTS) is 1. The Morgan fingerprint density at radius 2 is 2.50 bits per heavy atom. The molecular weight excluding hydrogens is 156 g/mol. The van der Waals surface area contributed by atoms with Crippen molar-refractivity contribution < 1.29 is 9.90 Å². The lowest BCUT2D eigenvalue weighted by Crippen LogP contribution is -2.18. The molecule has 1 aromatic heterocycles. The van der Waals surface area contributed by atoms with Crippen LogP contribution in [-0.2, 0) is 4.79 Å². The maximum absolute atomic E-state index is 10.7. The summed E-state index contributed by atoms with van der Waals surface area (Å²) in [5.74, 6) is -0.833. The van der Waals surface area contributed by atoms with E-state index in [2.05, 4.69) is 5.10 Å². The van der Waals surface area contributed by atoms with Crippen molar-refractivity contribution in [3.8, 4) is 0 Å². The SMILES string of the molecule is CC[C@H](C(=O)O)n1ccc(C)n1. The predicted octanol–water partition coefficient (Wildman–Crippen LogP) is 1.23. The van der Waals surface area contributed by atoms with Crippen molar-refractivity contribution in [1.82, 2.24) is 9.78 Å². The molecule has 0 fully saturated rings. The van der Waals surface area contributed by atoms with Crippen LogP contribution in [0.1, 0.15) is 25.1 Å². The van der Waals surface area contributed by atoms with E-state index in [9.17, 15) is 4.79 Å². The molecule has 1 N–H and O–H groups in total. The van der Waals surface area contributed by atoms with Crippen LogP contribution in [0.4, 0.5) is 0 Å². The number of hydrogen-bond acceptors (Lipinski definition) is 2. The second kappa shape index (κ2) is 3.38. The van der Waals surface area contributed by atoms with E-state index >= 15 is 0 Å². The highest BCUT2D eigenvalue weighted by atomic mass is 16.4. The second-order valence-corrected chi connectivity index (χ2v) is 2.70. The van der Waals surface area contributed by atoms with E-state index in [1.807, 2.05) is 13.8 Å². The van der Waals surface area contributed by atoms with Gasteiger partial charge >= 0.3 is 5.97 Å². The first kappa shape index (κ1) is 8.77. The van der Waals surface area contributed by atoms with Crippen molar-refractivity contribution in [3.05, 3.63) is 18.0 Å². The number of aromatic nitrogens is 2. The molecule has 0 aliphatic carbocycles. The third-order valence-corrected chi connectivity index (χ3v) is 1.73. The Morgan fingerprint density at radius 1 is 1.83 bits per heavy atom. The van der Waals surface area contributed by atoms with Gasteiger partial charge < -0.3 is 5.11 Å². The number of aliphatic carboxylic acids is 1. The van der Waals surface area contributed by atoms with Gasteiger partial charge in [0, 0.05) is 6.20 Å². The van der Waals surface area contributed by atoms with Crippen LogP contribution < -0.4 is 0 Å². The number of carboxylic acids is 1. The molecule has 0 saturated heterocycles. The number of nitrogens with zero attached hydrogens (tertiary/aromatic N) is 2. The van der Waals surface area contributed by atoms with Crippen molar-refractivity contribution in [3.63, 3.8) is 0 Å². The van der Waals surface area contributed by atoms with Gasteiger partial charge in [-0.2, -0.15) is 5.10 Å². The maximum Gasteiger partial charge on any atom is 0.328 e. The molecule has 12 heavy (non-hydrogen) atoms. The van der Waals surface area contributed by atoms with Crippen molar-refractivity contribution in [2.75, 3.05) is 0 Å². The fourth-order valence-corrected chi connectivity index (χ4v) is 1.08. The quantitative estimate of drug-likeness (QED) is 0.738. The average Bonchev–Trinajstić information content (AvgIpc) is 2.37. The molecule has 0 aromatic carbocycles. The minimum absolute atomic E-state index is 0.529. The van der Waals surface area contributed by atoms with Gasteiger partial charge in [0.05, 0.1) is 5.69 Å². The lowest BCUT2D eigenvalue weighted by Gasteiger charge is -2.09. The molecule has 1 atom stereocenters. The fourth-order valence-electron chi connectivity index (χ4n) is 1.08. The molecule has 1 rings (SSSR count). The van der Waals surface area contributed by atoms with Gasteiger partial charge in [0.25, 0.3) is 0 Å². The van der Waals surface area contributed by atoms with Crippen LogP contribution in [0.15, 0.2) is 12.3 Å². The van der Waals surface area contributed by atoms with Crippen molar-refractivity contribution in [2.24, 2.45) is 0 Å². The van der Waals surface area contributed by atoms with E-state index in [-0.39, 0.29) is 0 Å². The van der Waals surface area contributed by atoms with Gasteiger partial charge in [-0.25, -0.2) is 4.79 Å². The van der Waals surface area contributed by atoms with Crippen LogP contribution in [0.5, 0.6) is 0 Å². The minimum Gasteiger partial charge on any atom is -0.480 e. The third kappa shape index (κ3) is 1.64. The molecule has 66 valence electrons. The van der Waals surface area contributed by atoms with Crippen LogP contribution in [0, 0.1) is 6.92 Å². The van der Waals surface area contributed by atoms with Gasteiger partial charge in [-0.1, -0.05) is 6.92 Å². The highest BCUT2D eigenvalue weighted by Gasteiger charge is 2.16. The summed E-state index contributed by atoms with van der Waals surface area (Å²) in [4.78, 5) is 10.7. The minimum atomic E-state index is -0.833. The summed E-state index contributed by atoms with van der Waals surface area (Å²) in [5.41, 5.74) is 0.842. The zero-order valence-electron chi connectivity index (χ0n) is 7.19. The molecule has 4 nitrogen and oxygen atoms in total. The van der Waals surface area contributed by atoms with Crippen LogP contribution in [0.2, 0.25) is 0 Å². The van der Waals surface area contributed by atoms with Crippen LogP contribution >= 0.6 is 0 Å². The summed E-state index contributed by atoms with van der Waals surface area (Å²) in [6.07, 6.45) is 2.24. The summed E-state index contributed by atoms with van der Waals surface area (Å²) >= 11 is 0. The largest absolute Gasteiger partial charge is 0.480 e. The number of aryl methyl sites for hydroxylation is 1. The van der Waals surface area contributed by atoms with Gasteiger partial charge in [0.1, 0.15) is 6.04 Å². The molecule has 1 aromatic rings. The Balaban J connectivity index is 2.87. The molecule has 0 spiro atoms. The molecular formula is C8H12N2O2. The average molecular weight is 168 g/mol. The van der Waals surface area contributed by atoms with E-state index in [0.717, 1.165) is 5.69 Å². The molecule has 0 amide bonds. The van der Waals surface area contributed by atoms with Crippen LogP contribution in [0.3, 0.4) is 0 Å². The monoisotopic (exact) mass is 168 g/mol. The Bertz CT molecular complexity index is 280. The van der Waals surface area contributed by atoms with E-state index in [1.165, 1.54) is 4.68 Å². The highest BCUT2D eigenvalue weighted by molar-refractivity contribution is 5.71. The number of carbonyl (C=O) groups is 1. The van der Waals surface area contributed by atoms with Gasteiger partial charge in [0.2, 0.25) is 0 Å². The zero-order chi connectivity index (χ0) is 9.14. The van der Waals surface area contributed by atoms with Crippen LogP contribution in [0.25, 0.3) is 0 Å². The van der Waals surface area contributed by atoms with Crippen molar-refractivity contribution in [2.45, 2.75) is 26.3 Å². The Labute approximate surface area is 70.8 Å². The van der Waals surface area contributed by atoms with Gasteiger partial charge in [-0.15, -0.1) is 0 Å². The molecule has 0 bridgehead atoms. The second-order valence-electron chi connectivity index (χ2n) is 2.70. The van der Waals surface area contributed by atoms with Crippen LogP contribution in [-0.4, -0.2) is 20.9 Å². The van der Waals surface area contributed by atoms with Crippen molar-refractivity contribution >= 4 is 5.97 Å². The van der Waals surface area contributed by atoms with Crippen molar-refractivity contribution in [1.29, 1.82) is 0 Å². The summed E-state index contributed by atoms with van der Waals surface area (Å²) < 4.78 is 1.48. The fraction of sp³-hybridized carbons (Fsp3) is 0.500. The van der Waals surface area contributed by atoms with Gasteiger partial charge in [-0.05, 0) is 19.4 Å². The standard InChI is InChI=1S/C8H12N2O2/c1-3-7(8(11)12)10-5-4-6(2)9-10/h4-5,7H,3H2,1-2H3,(H,11,12)/t7-/m1/s1. The first-order valence-corrected chi connectivity index (χ1v) is 3.89. The molecule has 1 heterocycles. The number of hydrogen-bond donors (Lipinski definition) is 1. The smallest absolute Gasteiger partial charge is 0.328 e. The van der Waals surface area contributed by atoms with E-state index in [0.29, 0.717) is 6.42 Å². The highest BCUT2D eigenvalue weighted by Crippen LogP contribution is 2.10. The summed E-state index contributed by atoms with van der Waals surface area (Å²) in [6.45, 7) is 3.67. The first-order valence-electron chi connectivity index (χ1n) is 3.89. The third-order valence-electron chi connectivity index (χ3n) is 1.73.